The molecule has 1 aliphatic heterocycles. The summed E-state index contributed by atoms with van der Waals surface area (Å²) in [6.07, 6.45) is -3.63. The summed E-state index contributed by atoms with van der Waals surface area (Å²) in [6.45, 7) is 0.257. The van der Waals surface area contributed by atoms with Crippen LogP contribution in [0.1, 0.15) is 4.88 Å². The van der Waals surface area contributed by atoms with Gasteiger partial charge in [-0.25, -0.2) is 5.43 Å². The molecule has 18 heavy (non-hydrogen) atoms. The Morgan fingerprint density at radius 1 is 1.56 bits per heavy atom. The van der Waals surface area contributed by atoms with Gasteiger partial charge < -0.3 is 0 Å². The molecular formula is C10H8F3N3OS. The molecule has 1 N–H and O–H groups in total. The number of nitrogens with zero attached hydrogens (tertiary/aromatic N) is 2. The van der Waals surface area contributed by atoms with Crippen LogP contribution in [0, 0.1) is 5.92 Å². The van der Waals surface area contributed by atoms with E-state index in [-0.39, 0.29) is 6.54 Å². The van der Waals surface area contributed by atoms with Crippen molar-refractivity contribution >= 4 is 29.2 Å². The number of thiophene rings is 1. The Kier molecular flexibility index (Phi) is 3.46. The van der Waals surface area contributed by atoms with Gasteiger partial charge in [0, 0.05) is 11.1 Å². The molecule has 0 fully saturated rings. The second-order valence-electron chi connectivity index (χ2n) is 3.52. The van der Waals surface area contributed by atoms with Gasteiger partial charge in [0.2, 0.25) is 0 Å². The predicted octanol–water partition coefficient (Wildman–Crippen LogP) is 1.98. The Hall–Kier alpha value is -1.70. The van der Waals surface area contributed by atoms with E-state index in [1.807, 2.05) is 22.9 Å². The van der Waals surface area contributed by atoms with Crippen molar-refractivity contribution in [3.05, 3.63) is 22.4 Å². The molecule has 8 heteroatoms. The zero-order valence-electron chi connectivity index (χ0n) is 8.94. The fourth-order valence-corrected chi connectivity index (χ4v) is 2.05. The van der Waals surface area contributed by atoms with Crippen molar-refractivity contribution in [1.29, 1.82) is 0 Å². The van der Waals surface area contributed by atoms with Gasteiger partial charge in [0.25, 0.3) is 5.91 Å². The number of hydrogen-bond donors (Lipinski definition) is 1. The molecule has 0 radical (unpaired) electrons. The number of alkyl halides is 3. The van der Waals surface area contributed by atoms with Crippen molar-refractivity contribution in [1.82, 2.24) is 5.43 Å². The molecule has 0 spiro atoms. The standard InChI is InChI=1S/C10H8F3N3OS/c11-10(12,13)8-7(9(17)16-15-8)5-14-4-6-2-1-3-18-6/h1-3,5,7H,4H2,(H,16,17). The molecule has 2 rings (SSSR count). The van der Waals surface area contributed by atoms with Gasteiger partial charge in [-0.1, -0.05) is 6.07 Å². The van der Waals surface area contributed by atoms with Crippen LogP contribution in [0.3, 0.4) is 0 Å². The molecule has 1 amide bonds. The van der Waals surface area contributed by atoms with E-state index >= 15 is 0 Å². The molecule has 1 unspecified atom stereocenters. The number of nitrogens with one attached hydrogen (secondary N) is 1. The molecule has 1 aromatic heterocycles. The van der Waals surface area contributed by atoms with E-state index in [4.69, 9.17) is 0 Å². The lowest BCUT2D eigenvalue weighted by Gasteiger charge is -2.08. The van der Waals surface area contributed by atoms with Crippen molar-refractivity contribution in [3.8, 4) is 0 Å². The van der Waals surface area contributed by atoms with Crippen LogP contribution in [0.25, 0.3) is 0 Å². The van der Waals surface area contributed by atoms with Gasteiger partial charge in [-0.2, -0.15) is 18.3 Å². The lowest BCUT2D eigenvalue weighted by molar-refractivity contribution is -0.121. The van der Waals surface area contributed by atoms with E-state index in [9.17, 15) is 18.0 Å². The summed E-state index contributed by atoms with van der Waals surface area (Å²) in [5.74, 6) is -2.26. The summed E-state index contributed by atoms with van der Waals surface area (Å²) in [5.41, 5.74) is 0.660. The Bertz CT molecular complexity index is 493. The third-order valence-electron chi connectivity index (χ3n) is 2.24. The quantitative estimate of drug-likeness (QED) is 0.843. The first kappa shape index (κ1) is 12.7. The third kappa shape index (κ3) is 2.76. The van der Waals surface area contributed by atoms with Gasteiger partial charge in [-0.05, 0) is 11.4 Å². The van der Waals surface area contributed by atoms with E-state index in [0.717, 1.165) is 11.1 Å². The van der Waals surface area contributed by atoms with Gasteiger partial charge in [0.1, 0.15) is 5.92 Å². The van der Waals surface area contributed by atoms with Gasteiger partial charge in [-0.15, -0.1) is 11.3 Å². The van der Waals surface area contributed by atoms with Gasteiger partial charge in [-0.3, -0.25) is 9.79 Å². The highest BCUT2D eigenvalue weighted by Gasteiger charge is 2.46. The van der Waals surface area contributed by atoms with E-state index in [1.165, 1.54) is 11.3 Å². The molecule has 96 valence electrons. The number of carbonyl (C=O) groups excluding carboxylic acids is 1. The van der Waals surface area contributed by atoms with Gasteiger partial charge >= 0.3 is 6.18 Å². The minimum atomic E-state index is -4.63. The van der Waals surface area contributed by atoms with E-state index in [0.29, 0.717) is 0 Å². The maximum atomic E-state index is 12.5. The summed E-state index contributed by atoms with van der Waals surface area (Å²) in [6, 6.07) is 3.63. The minimum absolute atomic E-state index is 0.257. The Morgan fingerprint density at radius 3 is 2.94 bits per heavy atom. The summed E-state index contributed by atoms with van der Waals surface area (Å²) < 4.78 is 37.5. The first-order chi connectivity index (χ1) is 8.48. The number of carbonyl (C=O) groups is 1. The largest absolute Gasteiger partial charge is 0.432 e. The average Bonchev–Trinajstić information content (AvgIpc) is 2.88. The zero-order chi connectivity index (χ0) is 13.2. The van der Waals surface area contributed by atoms with Crippen LogP contribution in [-0.2, 0) is 11.3 Å². The molecule has 2 heterocycles. The summed E-state index contributed by atoms with van der Waals surface area (Å²) in [4.78, 5) is 16.0. The zero-order valence-corrected chi connectivity index (χ0v) is 9.76. The summed E-state index contributed by atoms with van der Waals surface area (Å²) in [7, 11) is 0. The average molecular weight is 275 g/mol. The minimum Gasteiger partial charge on any atom is -0.291 e. The Balaban J connectivity index is 2.05. The fourth-order valence-electron chi connectivity index (χ4n) is 1.41. The van der Waals surface area contributed by atoms with Crippen LogP contribution in [0.5, 0.6) is 0 Å². The monoisotopic (exact) mass is 275 g/mol. The Morgan fingerprint density at radius 2 is 2.33 bits per heavy atom. The predicted molar refractivity (Wildman–Crippen MR) is 61.6 cm³/mol. The molecule has 0 aliphatic carbocycles. The van der Waals surface area contributed by atoms with Crippen molar-refractivity contribution < 1.29 is 18.0 Å². The lowest BCUT2D eigenvalue weighted by Crippen LogP contribution is -2.33. The van der Waals surface area contributed by atoms with E-state index in [2.05, 4.69) is 10.1 Å². The van der Waals surface area contributed by atoms with Crippen LogP contribution in [0.2, 0.25) is 0 Å². The van der Waals surface area contributed by atoms with Gasteiger partial charge in [0.05, 0.1) is 6.54 Å². The molecule has 4 nitrogen and oxygen atoms in total. The Labute approximate surface area is 104 Å². The molecule has 0 bridgehead atoms. The first-order valence-corrected chi connectivity index (χ1v) is 5.83. The van der Waals surface area contributed by atoms with Crippen molar-refractivity contribution in [2.24, 2.45) is 16.0 Å². The number of aliphatic imine (C=N–C) groups is 1. The second-order valence-corrected chi connectivity index (χ2v) is 4.55. The summed E-state index contributed by atoms with van der Waals surface area (Å²) >= 11 is 1.45. The fraction of sp³-hybridized carbons (Fsp3) is 0.300. The maximum Gasteiger partial charge on any atom is 0.432 e. The number of amides is 1. The van der Waals surface area contributed by atoms with Crippen LogP contribution in [0.4, 0.5) is 13.2 Å². The van der Waals surface area contributed by atoms with Crippen LogP contribution in [-0.4, -0.2) is 24.0 Å². The first-order valence-electron chi connectivity index (χ1n) is 4.95. The number of rotatable bonds is 3. The number of halogens is 3. The molecule has 1 aliphatic rings. The molecule has 1 aromatic rings. The van der Waals surface area contributed by atoms with Crippen molar-refractivity contribution in [2.75, 3.05) is 0 Å². The molecule has 0 aromatic carbocycles. The highest BCUT2D eigenvalue weighted by atomic mass is 32.1. The maximum absolute atomic E-state index is 12.5. The van der Waals surface area contributed by atoms with Crippen LogP contribution in [0.15, 0.2) is 27.6 Å². The molecular weight excluding hydrogens is 267 g/mol. The lowest BCUT2D eigenvalue weighted by atomic mass is 10.1. The smallest absolute Gasteiger partial charge is 0.291 e. The topological polar surface area (TPSA) is 53.8 Å². The summed E-state index contributed by atoms with van der Waals surface area (Å²) in [5, 5.41) is 4.83. The third-order valence-corrected chi connectivity index (χ3v) is 3.10. The molecule has 1 atom stereocenters. The van der Waals surface area contributed by atoms with Crippen molar-refractivity contribution in [2.45, 2.75) is 12.7 Å². The second kappa shape index (κ2) is 4.89. The van der Waals surface area contributed by atoms with Crippen LogP contribution < -0.4 is 5.43 Å². The normalized spacial score (nSPS) is 20.3. The van der Waals surface area contributed by atoms with Gasteiger partial charge in [0.15, 0.2) is 5.71 Å². The van der Waals surface area contributed by atoms with Crippen molar-refractivity contribution in [3.63, 3.8) is 0 Å². The highest BCUT2D eigenvalue weighted by Crippen LogP contribution is 2.24. The highest BCUT2D eigenvalue weighted by molar-refractivity contribution is 7.09. The molecule has 0 saturated heterocycles. The molecule has 0 saturated carbocycles. The van der Waals surface area contributed by atoms with E-state index in [1.54, 1.807) is 0 Å². The van der Waals surface area contributed by atoms with Crippen LogP contribution >= 0.6 is 11.3 Å². The number of hydrogen-bond acceptors (Lipinski definition) is 4. The van der Waals surface area contributed by atoms with E-state index < -0.39 is 23.7 Å². The SMILES string of the molecule is O=C1NN=C(C(F)(F)F)C1C=NCc1cccs1. The number of hydrazone groups is 1.